The smallest absolute Gasteiger partial charge is 0.191 e. The maximum absolute atomic E-state index is 13.1. The van der Waals surface area contributed by atoms with Crippen LogP contribution < -0.4 is 10.6 Å². The average Bonchev–Trinajstić information content (AvgIpc) is 2.48. The van der Waals surface area contributed by atoms with Gasteiger partial charge in [-0.2, -0.15) is 0 Å². The number of halogens is 2. The SMILES string of the molecule is CCCNc1cc(Nc2ccc(F)cc2Br)nc(SC)n1. The Morgan fingerprint density at radius 1 is 1.24 bits per heavy atom. The van der Waals surface area contributed by atoms with Crippen molar-refractivity contribution < 1.29 is 4.39 Å². The predicted molar refractivity (Wildman–Crippen MR) is 90.0 cm³/mol. The normalized spacial score (nSPS) is 10.5. The van der Waals surface area contributed by atoms with Crippen molar-refractivity contribution in [3.8, 4) is 0 Å². The third-order valence-electron chi connectivity index (χ3n) is 2.64. The van der Waals surface area contributed by atoms with Gasteiger partial charge in [-0.15, -0.1) is 0 Å². The molecule has 0 unspecified atom stereocenters. The second-order valence-corrected chi connectivity index (χ2v) is 5.93. The Hall–Kier alpha value is -1.34. The number of aromatic nitrogens is 2. The Morgan fingerprint density at radius 2 is 2.00 bits per heavy atom. The monoisotopic (exact) mass is 370 g/mol. The van der Waals surface area contributed by atoms with Gasteiger partial charge in [0.2, 0.25) is 0 Å². The van der Waals surface area contributed by atoms with E-state index in [0.717, 1.165) is 24.5 Å². The number of hydrogen-bond acceptors (Lipinski definition) is 5. The lowest BCUT2D eigenvalue weighted by atomic mass is 10.3. The molecule has 2 rings (SSSR count). The summed E-state index contributed by atoms with van der Waals surface area (Å²) in [6, 6.07) is 6.32. The second-order valence-electron chi connectivity index (χ2n) is 4.30. The van der Waals surface area contributed by atoms with Crippen LogP contribution in [0.5, 0.6) is 0 Å². The zero-order chi connectivity index (χ0) is 15.2. The van der Waals surface area contributed by atoms with E-state index in [2.05, 4.69) is 43.5 Å². The van der Waals surface area contributed by atoms with E-state index < -0.39 is 0 Å². The minimum Gasteiger partial charge on any atom is -0.370 e. The standard InChI is InChI=1S/C14H16BrFN4S/c1-3-6-17-12-8-13(20-14(19-12)21-2)18-11-5-4-9(16)7-10(11)15/h4-5,7-8H,3,6H2,1-2H3,(H2,17,18,19,20). The molecule has 2 N–H and O–H groups in total. The molecule has 7 heteroatoms. The minimum absolute atomic E-state index is 0.287. The second kappa shape index (κ2) is 7.61. The molecule has 1 aromatic heterocycles. The van der Waals surface area contributed by atoms with E-state index in [1.807, 2.05) is 12.3 Å². The molecule has 0 saturated carbocycles. The van der Waals surface area contributed by atoms with Gasteiger partial charge in [0.15, 0.2) is 5.16 Å². The van der Waals surface area contributed by atoms with Gasteiger partial charge >= 0.3 is 0 Å². The molecule has 0 amide bonds. The lowest BCUT2D eigenvalue weighted by Gasteiger charge is -2.11. The molecule has 21 heavy (non-hydrogen) atoms. The molecular weight excluding hydrogens is 355 g/mol. The van der Waals surface area contributed by atoms with Crippen LogP contribution >= 0.6 is 27.7 Å². The van der Waals surface area contributed by atoms with Crippen LogP contribution in [0.4, 0.5) is 21.7 Å². The van der Waals surface area contributed by atoms with E-state index in [1.165, 1.54) is 23.9 Å². The van der Waals surface area contributed by atoms with Crippen molar-refractivity contribution in [2.45, 2.75) is 18.5 Å². The van der Waals surface area contributed by atoms with Crippen molar-refractivity contribution in [1.82, 2.24) is 9.97 Å². The van der Waals surface area contributed by atoms with E-state index in [0.29, 0.717) is 15.4 Å². The van der Waals surface area contributed by atoms with E-state index >= 15 is 0 Å². The lowest BCUT2D eigenvalue weighted by Crippen LogP contribution is -2.05. The molecule has 0 aliphatic heterocycles. The number of hydrogen-bond donors (Lipinski definition) is 2. The predicted octanol–water partition coefficient (Wildman–Crippen LogP) is 4.67. The first-order valence-corrected chi connectivity index (χ1v) is 8.53. The van der Waals surface area contributed by atoms with Crippen LogP contribution in [0.15, 0.2) is 33.9 Å². The summed E-state index contributed by atoms with van der Waals surface area (Å²) >= 11 is 4.81. The van der Waals surface area contributed by atoms with Crippen LogP contribution in [0.25, 0.3) is 0 Å². The minimum atomic E-state index is -0.287. The summed E-state index contributed by atoms with van der Waals surface area (Å²) in [6.07, 6.45) is 2.95. The molecule has 0 atom stereocenters. The number of thioether (sulfide) groups is 1. The highest BCUT2D eigenvalue weighted by Gasteiger charge is 2.07. The van der Waals surface area contributed by atoms with Gasteiger partial charge in [-0.3, -0.25) is 0 Å². The quantitative estimate of drug-likeness (QED) is 0.571. The van der Waals surface area contributed by atoms with E-state index in [-0.39, 0.29) is 5.82 Å². The molecule has 0 spiro atoms. The topological polar surface area (TPSA) is 49.8 Å². The summed E-state index contributed by atoms with van der Waals surface area (Å²) in [6.45, 7) is 2.95. The molecule has 0 aliphatic carbocycles. The van der Waals surface area contributed by atoms with Crippen molar-refractivity contribution >= 4 is 45.0 Å². The van der Waals surface area contributed by atoms with Gasteiger partial charge in [0.25, 0.3) is 0 Å². The number of anilines is 3. The van der Waals surface area contributed by atoms with Crippen molar-refractivity contribution in [3.05, 3.63) is 34.6 Å². The molecule has 0 bridgehead atoms. The highest BCUT2D eigenvalue weighted by molar-refractivity contribution is 9.10. The lowest BCUT2D eigenvalue weighted by molar-refractivity contribution is 0.627. The van der Waals surface area contributed by atoms with Crippen molar-refractivity contribution in [2.24, 2.45) is 0 Å². The molecule has 1 aromatic carbocycles. The first-order chi connectivity index (χ1) is 10.1. The average molecular weight is 371 g/mol. The summed E-state index contributed by atoms with van der Waals surface area (Å²) in [5.74, 6) is 1.16. The maximum atomic E-state index is 13.1. The largest absolute Gasteiger partial charge is 0.370 e. The van der Waals surface area contributed by atoms with Crippen molar-refractivity contribution in [1.29, 1.82) is 0 Å². The van der Waals surface area contributed by atoms with Gasteiger partial charge < -0.3 is 10.6 Å². The maximum Gasteiger partial charge on any atom is 0.191 e. The Labute approximate surface area is 136 Å². The zero-order valence-electron chi connectivity index (χ0n) is 11.8. The zero-order valence-corrected chi connectivity index (χ0v) is 14.2. The van der Waals surface area contributed by atoms with Gasteiger partial charge in [-0.1, -0.05) is 18.7 Å². The number of benzene rings is 1. The molecule has 0 radical (unpaired) electrons. The van der Waals surface area contributed by atoms with Crippen molar-refractivity contribution in [3.63, 3.8) is 0 Å². The van der Waals surface area contributed by atoms with Crippen LogP contribution in [-0.4, -0.2) is 22.8 Å². The molecule has 2 aromatic rings. The van der Waals surface area contributed by atoms with Gasteiger partial charge in [-0.25, -0.2) is 14.4 Å². The first-order valence-electron chi connectivity index (χ1n) is 6.51. The van der Waals surface area contributed by atoms with E-state index in [9.17, 15) is 4.39 Å². The molecule has 0 aliphatic rings. The van der Waals surface area contributed by atoms with Gasteiger partial charge in [-0.05, 0) is 46.8 Å². The Balaban J connectivity index is 2.25. The number of nitrogens with one attached hydrogen (secondary N) is 2. The summed E-state index contributed by atoms with van der Waals surface area (Å²) in [4.78, 5) is 8.80. The van der Waals surface area contributed by atoms with E-state index in [1.54, 1.807) is 6.07 Å². The first kappa shape index (κ1) is 16.0. The fourth-order valence-electron chi connectivity index (χ4n) is 1.65. The fourth-order valence-corrected chi connectivity index (χ4v) is 2.48. The van der Waals surface area contributed by atoms with Crippen LogP contribution in [0.1, 0.15) is 13.3 Å². The van der Waals surface area contributed by atoms with Gasteiger partial charge in [0.1, 0.15) is 17.5 Å². The highest BCUT2D eigenvalue weighted by atomic mass is 79.9. The number of nitrogens with zero attached hydrogens (tertiary/aromatic N) is 2. The van der Waals surface area contributed by atoms with Gasteiger partial charge in [0, 0.05) is 17.1 Å². The van der Waals surface area contributed by atoms with Crippen LogP contribution in [0, 0.1) is 5.82 Å². The third kappa shape index (κ3) is 4.57. The Morgan fingerprint density at radius 3 is 2.67 bits per heavy atom. The molecule has 4 nitrogen and oxygen atoms in total. The fraction of sp³-hybridized carbons (Fsp3) is 0.286. The molecular formula is C14H16BrFN4S. The molecule has 0 saturated heterocycles. The molecule has 0 fully saturated rings. The van der Waals surface area contributed by atoms with Crippen LogP contribution in [-0.2, 0) is 0 Å². The van der Waals surface area contributed by atoms with E-state index in [4.69, 9.17) is 0 Å². The molecule has 112 valence electrons. The third-order valence-corrected chi connectivity index (χ3v) is 3.84. The Bertz CT molecular complexity index is 624. The summed E-state index contributed by atoms with van der Waals surface area (Å²) < 4.78 is 13.8. The summed E-state index contributed by atoms with van der Waals surface area (Å²) in [5.41, 5.74) is 0.753. The summed E-state index contributed by atoms with van der Waals surface area (Å²) in [5, 5.41) is 7.09. The highest BCUT2D eigenvalue weighted by Crippen LogP contribution is 2.27. The van der Waals surface area contributed by atoms with Crippen LogP contribution in [0.3, 0.4) is 0 Å². The Kier molecular flexibility index (Phi) is 5.81. The summed E-state index contributed by atoms with van der Waals surface area (Å²) in [7, 11) is 0. The van der Waals surface area contributed by atoms with Crippen molar-refractivity contribution in [2.75, 3.05) is 23.4 Å². The van der Waals surface area contributed by atoms with Gasteiger partial charge in [0.05, 0.1) is 5.69 Å². The molecule has 1 heterocycles. The van der Waals surface area contributed by atoms with Crippen LogP contribution in [0.2, 0.25) is 0 Å². The number of rotatable bonds is 6.